The van der Waals surface area contributed by atoms with E-state index in [0.29, 0.717) is 107 Å². The van der Waals surface area contributed by atoms with Crippen molar-refractivity contribution in [3.8, 4) is 69.0 Å². The third kappa shape index (κ3) is 24.1. The maximum Gasteiger partial charge on any atom is 2.00 e. The molecule has 0 amide bonds. The maximum absolute atomic E-state index is 12.1. The predicted octanol–water partition coefficient (Wildman–Crippen LogP) is -5.41. The van der Waals surface area contributed by atoms with Crippen LogP contribution < -0.4 is 89.0 Å². The number of methoxy groups -OCH3 is 6. The average Bonchev–Trinajstić information content (AvgIpc) is 3.44. The molecule has 0 aliphatic heterocycles. The fourth-order valence-corrected chi connectivity index (χ4v) is 7.65. The predicted molar refractivity (Wildman–Crippen MR) is 319 cm³/mol. The quantitative estimate of drug-likeness (QED) is 0.0245. The molecule has 6 aromatic rings. The first-order valence-corrected chi connectivity index (χ1v) is 26.1. The van der Waals surface area contributed by atoms with Gasteiger partial charge in [0.25, 0.3) is 0 Å². The Hall–Kier alpha value is -6.76. The van der Waals surface area contributed by atoms with Gasteiger partial charge in [-0.3, -0.25) is 0 Å². The van der Waals surface area contributed by atoms with Crippen molar-refractivity contribution in [2.24, 2.45) is 16.2 Å². The molecule has 21 heteroatoms. The Morgan fingerprint density at radius 1 is 0.274 bits per heavy atom. The van der Waals surface area contributed by atoms with E-state index < -0.39 is 0 Å². The van der Waals surface area contributed by atoms with Crippen LogP contribution >= 0.6 is 0 Å². The van der Waals surface area contributed by atoms with Gasteiger partial charge in [0.15, 0.2) is 76.6 Å². The minimum atomic E-state index is -0.141. The van der Waals surface area contributed by atoms with Gasteiger partial charge in [-0.25, -0.2) is 30.0 Å². The summed E-state index contributed by atoms with van der Waals surface area (Å²) in [6, 6.07) is 31.0. The molecule has 0 bridgehead atoms. The summed E-state index contributed by atoms with van der Waals surface area (Å²) in [4.78, 5) is 19.2. The van der Waals surface area contributed by atoms with Gasteiger partial charge in [0.2, 0.25) is 0 Å². The molecule has 0 aliphatic carbocycles. The third-order valence-electron chi connectivity index (χ3n) is 12.4. The molecule has 0 aromatic heterocycles. The molecule has 0 saturated carbocycles. The van der Waals surface area contributed by atoms with Crippen molar-refractivity contribution in [3.63, 3.8) is 0 Å². The summed E-state index contributed by atoms with van der Waals surface area (Å²) in [5.41, 5.74) is 2.97. The summed E-state index contributed by atoms with van der Waals surface area (Å²) < 4.78 is 30.3. The van der Waals surface area contributed by atoms with E-state index in [1.54, 1.807) is 146 Å². The van der Waals surface area contributed by atoms with Crippen LogP contribution in [0.25, 0.3) is 0 Å². The number of nitrogens with one attached hydrogen (secondary N) is 6. The molecule has 0 saturated heterocycles. The zero-order valence-electron chi connectivity index (χ0n) is 50.6. The second-order valence-corrected chi connectivity index (χ2v) is 20.9. The molecule has 0 unspecified atom stereocenters. The van der Waals surface area contributed by atoms with Gasteiger partial charge < -0.3 is 59.1 Å². The molecule has 18 nitrogen and oxygen atoms in total. The number of hydrogen-bond acceptors (Lipinski definition) is 12. The van der Waals surface area contributed by atoms with Crippen molar-refractivity contribution < 1.29 is 89.0 Å². The largest absolute Gasteiger partial charge is 2.00 e. The molecule has 0 atom stereocenters. The minimum Gasteiger partial charge on any atom is -0.869 e. The van der Waals surface area contributed by atoms with Crippen LogP contribution in [0.1, 0.15) is 74.9 Å². The maximum atomic E-state index is 12.1. The molecular weight excluding hydrogens is 1110 g/mol. The van der Waals surface area contributed by atoms with E-state index in [0.717, 1.165) is 0 Å². The van der Waals surface area contributed by atoms with Crippen LogP contribution in [-0.4, -0.2) is 188 Å². The van der Waals surface area contributed by atoms with Crippen LogP contribution in [0.2, 0.25) is 0 Å². The first kappa shape index (κ1) is 75.3. The van der Waals surface area contributed by atoms with Gasteiger partial charge in [-0.15, -0.1) is 0 Å². The summed E-state index contributed by atoms with van der Waals surface area (Å²) in [6.45, 7) is 16.4. The van der Waals surface area contributed by atoms with Crippen LogP contribution in [0.3, 0.4) is 0 Å². The number of para-hydroxylation sites is 6. The van der Waals surface area contributed by atoms with Crippen LogP contribution in [0.15, 0.2) is 109 Å². The SMILES string of the molecule is COc1cccc(C=[NH+]CC(C)(C)C[NH+]=Cc2cccc(OC)c2[O-])c1[O-].COc1cccc(C=[NH+]CC(C)(C)C[NH+]=Cc2cccc(OC)c2[O-])c1[O-].COc1cccc(C=[NH+]CC(C)(C)C[NH+]=Cc2cccc(OC)c2[O-])c1[O-].[Mg+2].[Mg+2].[Mg+2]. The van der Waals surface area contributed by atoms with Gasteiger partial charge in [-0.2, -0.15) is 0 Å². The fourth-order valence-electron chi connectivity index (χ4n) is 7.65. The van der Waals surface area contributed by atoms with Crippen molar-refractivity contribution >= 4 is 106 Å². The molecule has 0 aliphatic rings. The molecule has 0 heterocycles. The standard InChI is InChI=1S/3C21H26N2O4.3Mg/c3*1-21(2,13-22-11-15-7-5-9-17(26-3)19(15)24)14-23-12-16-8-6-10-18(27-4)20(16)25;;;/h3*5-12,24-25H,13-14H2,1-4H3;;;/q;;;3*+2. The minimum absolute atomic E-state index is 0. The summed E-state index contributed by atoms with van der Waals surface area (Å²) in [5.74, 6) is 1.11. The molecule has 0 radical (unpaired) electrons. The zero-order valence-corrected chi connectivity index (χ0v) is 54.9. The molecule has 432 valence electrons. The number of hydrogen-bond donors (Lipinski definition) is 6. The van der Waals surface area contributed by atoms with Gasteiger partial charge in [-0.1, -0.05) is 70.9 Å². The second kappa shape index (κ2) is 37.5. The second-order valence-electron chi connectivity index (χ2n) is 20.9. The first-order chi connectivity index (χ1) is 38.6. The normalized spacial score (nSPS) is 11.6. The molecule has 6 N–H and O–H groups in total. The zero-order chi connectivity index (χ0) is 59.6. The van der Waals surface area contributed by atoms with Crippen molar-refractivity contribution in [2.45, 2.75) is 41.5 Å². The van der Waals surface area contributed by atoms with E-state index in [1.165, 1.54) is 42.7 Å². The van der Waals surface area contributed by atoms with E-state index in [-0.39, 0.29) is 120 Å². The monoisotopic (exact) mass is 1180 g/mol. The molecule has 6 rings (SSSR count). The van der Waals surface area contributed by atoms with Gasteiger partial charge >= 0.3 is 69.2 Å². The number of ether oxygens (including phenoxy) is 6. The molecule has 0 spiro atoms. The van der Waals surface area contributed by atoms with Gasteiger partial charge in [0.1, 0.15) is 34.5 Å². The fraction of sp³-hybridized carbons (Fsp3) is 0.333. The van der Waals surface area contributed by atoms with Crippen molar-refractivity contribution in [3.05, 3.63) is 143 Å². The van der Waals surface area contributed by atoms with Gasteiger partial charge in [0, 0.05) is 33.4 Å². The summed E-state index contributed by atoms with van der Waals surface area (Å²) in [6.07, 6.45) is 10.2. The van der Waals surface area contributed by atoms with E-state index in [2.05, 4.69) is 71.5 Å². The topological polar surface area (TPSA) is 278 Å². The Bertz CT molecular complexity index is 2630. The first-order valence-electron chi connectivity index (χ1n) is 26.1. The van der Waals surface area contributed by atoms with Crippen LogP contribution in [0.4, 0.5) is 0 Å². The van der Waals surface area contributed by atoms with E-state index in [9.17, 15) is 30.6 Å². The Labute approximate surface area is 542 Å². The number of benzene rings is 6. The third-order valence-corrected chi connectivity index (χ3v) is 12.4. The average molecular weight is 1180 g/mol. The van der Waals surface area contributed by atoms with Crippen molar-refractivity contribution in [1.29, 1.82) is 0 Å². The molecule has 6 aromatic carbocycles. The Balaban J connectivity index is 0.000000619. The Morgan fingerprint density at radius 2 is 0.405 bits per heavy atom. The summed E-state index contributed by atoms with van der Waals surface area (Å²) in [5, 5.41) is 72.7. The van der Waals surface area contributed by atoms with Gasteiger partial charge in [0.05, 0.1) is 58.9 Å². The van der Waals surface area contributed by atoms with Crippen molar-refractivity contribution in [1.82, 2.24) is 0 Å². The Kier molecular flexibility index (Phi) is 33.6. The van der Waals surface area contributed by atoms with E-state index in [1.807, 2.05) is 0 Å². The van der Waals surface area contributed by atoms with E-state index in [4.69, 9.17) is 28.4 Å². The molecule has 84 heavy (non-hydrogen) atoms. The number of rotatable bonds is 24. The van der Waals surface area contributed by atoms with E-state index >= 15 is 0 Å². The Morgan fingerprint density at radius 3 is 0.524 bits per heavy atom. The van der Waals surface area contributed by atoms with Crippen molar-refractivity contribution in [2.75, 3.05) is 81.9 Å². The summed E-state index contributed by atoms with van der Waals surface area (Å²) in [7, 11) is 8.89. The van der Waals surface area contributed by atoms with Crippen LogP contribution in [-0.2, 0) is 0 Å². The summed E-state index contributed by atoms with van der Waals surface area (Å²) >= 11 is 0. The van der Waals surface area contributed by atoms with Crippen LogP contribution in [0.5, 0.6) is 69.0 Å². The molecule has 0 fully saturated rings. The molecular formula is C63H78Mg3N6O12+6. The van der Waals surface area contributed by atoms with Crippen LogP contribution in [0, 0.1) is 16.2 Å². The van der Waals surface area contributed by atoms with Gasteiger partial charge in [-0.05, 0) is 114 Å². The smallest absolute Gasteiger partial charge is 0.869 e.